The summed E-state index contributed by atoms with van der Waals surface area (Å²) in [6, 6.07) is 3.18. The minimum absolute atomic E-state index is 0.0260. The average Bonchev–Trinajstić information content (AvgIpc) is 3.31. The van der Waals surface area contributed by atoms with Crippen molar-refractivity contribution in [3.05, 3.63) is 41.9 Å². The molecule has 0 aromatic carbocycles. The van der Waals surface area contributed by atoms with Gasteiger partial charge in [-0.1, -0.05) is 0 Å². The second-order valence-corrected chi connectivity index (χ2v) is 9.24. The first-order valence-electron chi connectivity index (χ1n) is 8.72. The lowest BCUT2D eigenvalue weighted by Crippen LogP contribution is -2.24. The third-order valence-electron chi connectivity index (χ3n) is 5.26. The summed E-state index contributed by atoms with van der Waals surface area (Å²) in [5.41, 5.74) is 2.01. The first kappa shape index (κ1) is 17.0. The molecule has 1 fully saturated rings. The number of fused-ring (bicyclic) bond motifs is 3. The highest BCUT2D eigenvalue weighted by Crippen LogP contribution is 2.37. The van der Waals surface area contributed by atoms with Crippen molar-refractivity contribution in [1.29, 1.82) is 0 Å². The van der Waals surface area contributed by atoms with Crippen LogP contribution in [-0.4, -0.2) is 63.4 Å². The molecule has 9 nitrogen and oxygen atoms in total. The quantitative estimate of drug-likeness (QED) is 0.594. The Balaban J connectivity index is 1.83. The summed E-state index contributed by atoms with van der Waals surface area (Å²) >= 11 is 0. The zero-order valence-corrected chi connectivity index (χ0v) is 15.7. The Morgan fingerprint density at radius 3 is 2.68 bits per heavy atom. The standard InChI is InChI=1S/C18H15N5O4S/c1-22-17(24)12-8-20-16-14(13(12)18(22)25)15(10-3-2-5-19-7-10)21-23(16)11-4-6-28(26,27)9-11/h2-3,5,7-8,11H,4,6,9H2,1H3. The van der Waals surface area contributed by atoms with E-state index >= 15 is 0 Å². The van der Waals surface area contributed by atoms with Crippen molar-refractivity contribution < 1.29 is 18.0 Å². The number of pyridine rings is 2. The number of hydrogen-bond acceptors (Lipinski definition) is 7. The highest BCUT2D eigenvalue weighted by Gasteiger charge is 2.39. The van der Waals surface area contributed by atoms with E-state index in [1.54, 1.807) is 29.2 Å². The summed E-state index contributed by atoms with van der Waals surface area (Å²) in [6.45, 7) is 0. The number of nitrogens with zero attached hydrogens (tertiary/aromatic N) is 5. The fourth-order valence-corrected chi connectivity index (χ4v) is 5.55. The maximum Gasteiger partial charge on any atom is 0.262 e. The van der Waals surface area contributed by atoms with Crippen LogP contribution in [-0.2, 0) is 9.84 Å². The topological polar surface area (TPSA) is 115 Å². The third kappa shape index (κ3) is 2.30. The first-order chi connectivity index (χ1) is 13.4. The molecule has 142 valence electrons. The largest absolute Gasteiger partial charge is 0.277 e. The predicted octanol–water partition coefficient (Wildman–Crippen LogP) is 1.08. The number of rotatable bonds is 2. The molecule has 0 aliphatic carbocycles. The van der Waals surface area contributed by atoms with Crippen molar-refractivity contribution in [2.45, 2.75) is 12.5 Å². The second-order valence-electron chi connectivity index (χ2n) is 7.01. The molecule has 0 saturated carbocycles. The van der Waals surface area contributed by atoms with Gasteiger partial charge in [0.2, 0.25) is 0 Å². The Kier molecular flexibility index (Phi) is 3.45. The van der Waals surface area contributed by atoms with Gasteiger partial charge in [0.25, 0.3) is 11.8 Å². The molecule has 3 aromatic rings. The molecule has 1 unspecified atom stereocenters. The summed E-state index contributed by atoms with van der Waals surface area (Å²) in [6.07, 6.45) is 5.03. The molecule has 2 aliphatic rings. The Morgan fingerprint density at radius 1 is 1.18 bits per heavy atom. The highest BCUT2D eigenvalue weighted by molar-refractivity contribution is 7.91. The number of imide groups is 1. The van der Waals surface area contributed by atoms with E-state index in [9.17, 15) is 18.0 Å². The van der Waals surface area contributed by atoms with Gasteiger partial charge >= 0.3 is 0 Å². The maximum atomic E-state index is 12.8. The summed E-state index contributed by atoms with van der Waals surface area (Å²) in [5, 5.41) is 5.09. The number of carbonyl (C=O) groups excluding carboxylic acids is 2. The summed E-state index contributed by atoms with van der Waals surface area (Å²) in [5.74, 6) is -0.771. The Labute approximate surface area is 159 Å². The van der Waals surface area contributed by atoms with Gasteiger partial charge in [-0.25, -0.2) is 18.1 Å². The van der Waals surface area contributed by atoms with Crippen molar-refractivity contribution in [2.75, 3.05) is 18.6 Å². The van der Waals surface area contributed by atoms with E-state index in [-0.39, 0.29) is 28.7 Å². The molecule has 1 saturated heterocycles. The lowest BCUT2D eigenvalue weighted by Gasteiger charge is -2.09. The van der Waals surface area contributed by atoms with Gasteiger partial charge in [0, 0.05) is 31.2 Å². The van der Waals surface area contributed by atoms with E-state index < -0.39 is 21.7 Å². The smallest absolute Gasteiger partial charge is 0.262 e. The van der Waals surface area contributed by atoms with Gasteiger partial charge in [0.15, 0.2) is 15.5 Å². The van der Waals surface area contributed by atoms with Crippen LogP contribution in [0.25, 0.3) is 22.3 Å². The molecule has 1 atom stereocenters. The lowest BCUT2D eigenvalue weighted by atomic mass is 10.0. The van der Waals surface area contributed by atoms with E-state index in [4.69, 9.17) is 0 Å². The summed E-state index contributed by atoms with van der Waals surface area (Å²) in [7, 11) is -1.71. The minimum atomic E-state index is -3.14. The molecule has 5 heterocycles. The van der Waals surface area contributed by atoms with Crippen LogP contribution in [0.5, 0.6) is 0 Å². The normalized spacial score (nSPS) is 20.9. The molecule has 3 aromatic heterocycles. The number of carbonyl (C=O) groups is 2. The molecule has 0 N–H and O–H groups in total. The van der Waals surface area contributed by atoms with Crippen LogP contribution in [0.15, 0.2) is 30.7 Å². The molecule has 0 bridgehead atoms. The summed E-state index contributed by atoms with van der Waals surface area (Å²) < 4.78 is 25.5. The van der Waals surface area contributed by atoms with Crippen molar-refractivity contribution in [1.82, 2.24) is 24.6 Å². The highest BCUT2D eigenvalue weighted by atomic mass is 32.2. The number of aromatic nitrogens is 4. The molecular formula is C18H15N5O4S. The minimum Gasteiger partial charge on any atom is -0.277 e. The van der Waals surface area contributed by atoms with Crippen molar-refractivity contribution >= 4 is 32.7 Å². The van der Waals surface area contributed by atoms with E-state index in [1.807, 2.05) is 0 Å². The van der Waals surface area contributed by atoms with Gasteiger partial charge < -0.3 is 0 Å². The fraction of sp³-hybridized carbons (Fsp3) is 0.278. The second kappa shape index (κ2) is 5.68. The van der Waals surface area contributed by atoms with Crippen LogP contribution >= 0.6 is 0 Å². The molecule has 0 radical (unpaired) electrons. The number of amides is 2. The van der Waals surface area contributed by atoms with Gasteiger partial charge in [0.05, 0.1) is 34.1 Å². The predicted molar refractivity (Wildman–Crippen MR) is 99.5 cm³/mol. The van der Waals surface area contributed by atoms with Gasteiger partial charge in [-0.05, 0) is 18.6 Å². The Morgan fingerprint density at radius 2 is 2.00 bits per heavy atom. The zero-order valence-electron chi connectivity index (χ0n) is 14.9. The van der Waals surface area contributed by atoms with Gasteiger partial charge in [0.1, 0.15) is 5.69 Å². The van der Waals surface area contributed by atoms with E-state index in [2.05, 4.69) is 15.1 Å². The average molecular weight is 397 g/mol. The molecule has 2 aliphatic heterocycles. The summed E-state index contributed by atoms with van der Waals surface area (Å²) in [4.78, 5) is 34.7. The number of sulfone groups is 1. The Bertz CT molecular complexity index is 1270. The lowest BCUT2D eigenvalue weighted by molar-refractivity contribution is 0.0693. The molecule has 2 amide bonds. The first-order valence-corrected chi connectivity index (χ1v) is 10.5. The molecular weight excluding hydrogens is 382 g/mol. The number of hydrogen-bond donors (Lipinski definition) is 0. The molecule has 5 rings (SSSR count). The van der Waals surface area contributed by atoms with Crippen LogP contribution in [0.3, 0.4) is 0 Å². The van der Waals surface area contributed by atoms with Crippen LogP contribution < -0.4 is 0 Å². The van der Waals surface area contributed by atoms with Crippen molar-refractivity contribution in [3.8, 4) is 11.3 Å². The molecule has 10 heteroatoms. The van der Waals surface area contributed by atoms with E-state index in [0.717, 1.165) is 4.90 Å². The Hall–Kier alpha value is -3.14. The van der Waals surface area contributed by atoms with Crippen molar-refractivity contribution in [3.63, 3.8) is 0 Å². The molecule has 0 spiro atoms. The van der Waals surface area contributed by atoms with Crippen LogP contribution in [0.2, 0.25) is 0 Å². The van der Waals surface area contributed by atoms with Crippen LogP contribution in [0.4, 0.5) is 0 Å². The monoisotopic (exact) mass is 397 g/mol. The third-order valence-corrected chi connectivity index (χ3v) is 7.01. The maximum absolute atomic E-state index is 12.8. The van der Waals surface area contributed by atoms with Gasteiger partial charge in [-0.2, -0.15) is 5.10 Å². The zero-order chi connectivity index (χ0) is 19.6. The van der Waals surface area contributed by atoms with Gasteiger partial charge in [-0.15, -0.1) is 0 Å². The van der Waals surface area contributed by atoms with Crippen LogP contribution in [0, 0.1) is 0 Å². The SMILES string of the molecule is CN1C(=O)c2cnc3c(c(-c4cccnc4)nn3C3CCS(=O)(=O)C3)c2C1=O. The van der Waals surface area contributed by atoms with Crippen LogP contribution in [0.1, 0.15) is 33.2 Å². The molecule has 28 heavy (non-hydrogen) atoms. The van der Waals surface area contributed by atoms with E-state index in [0.29, 0.717) is 28.7 Å². The van der Waals surface area contributed by atoms with Gasteiger partial charge in [-0.3, -0.25) is 19.5 Å². The van der Waals surface area contributed by atoms with E-state index in [1.165, 1.54) is 13.2 Å². The fourth-order valence-electron chi connectivity index (χ4n) is 3.86. The van der Waals surface area contributed by atoms with Crippen molar-refractivity contribution in [2.24, 2.45) is 0 Å².